The highest BCUT2D eigenvalue weighted by Gasteiger charge is 2.15. The molecule has 0 radical (unpaired) electrons. The number of hydrogen-bond acceptors (Lipinski definition) is 3. The summed E-state index contributed by atoms with van der Waals surface area (Å²) in [5, 5.41) is 4.54. The second-order valence-electron chi connectivity index (χ2n) is 10.5. The molecule has 0 fully saturated rings. The molecule has 3 nitrogen and oxygen atoms in total. The van der Waals surface area contributed by atoms with Gasteiger partial charge in [0.2, 0.25) is 0 Å². The third-order valence-electron chi connectivity index (χ3n) is 7.87. The van der Waals surface area contributed by atoms with Crippen LogP contribution in [0.5, 0.6) is 0 Å². The fraction of sp³-hybridized carbons (Fsp3) is 0. The van der Waals surface area contributed by atoms with Crippen LogP contribution in [-0.2, 0) is 0 Å². The molecular formula is C39H25N3. The molecule has 0 saturated heterocycles. The van der Waals surface area contributed by atoms with Crippen molar-refractivity contribution in [2.45, 2.75) is 0 Å². The van der Waals surface area contributed by atoms with Crippen molar-refractivity contribution in [1.82, 2.24) is 15.0 Å². The molecule has 0 spiro atoms. The molecule has 0 unspecified atom stereocenters. The number of benzene rings is 6. The van der Waals surface area contributed by atoms with E-state index in [1.54, 1.807) is 0 Å². The van der Waals surface area contributed by atoms with Crippen LogP contribution in [0.4, 0.5) is 0 Å². The van der Waals surface area contributed by atoms with E-state index in [0.717, 1.165) is 49.9 Å². The molecule has 0 saturated carbocycles. The number of rotatable bonds is 4. The normalized spacial score (nSPS) is 11.3. The van der Waals surface area contributed by atoms with Gasteiger partial charge in [-0.05, 0) is 40.1 Å². The van der Waals surface area contributed by atoms with E-state index in [1.165, 1.54) is 21.9 Å². The van der Waals surface area contributed by atoms with Gasteiger partial charge in [0.15, 0.2) is 5.82 Å². The highest BCUT2D eigenvalue weighted by atomic mass is 14.9. The van der Waals surface area contributed by atoms with Crippen LogP contribution in [0.15, 0.2) is 152 Å². The van der Waals surface area contributed by atoms with Crippen molar-refractivity contribution < 1.29 is 0 Å². The third-order valence-corrected chi connectivity index (χ3v) is 7.87. The van der Waals surface area contributed by atoms with Crippen molar-refractivity contribution in [2.24, 2.45) is 0 Å². The van der Waals surface area contributed by atoms with Crippen LogP contribution in [0.3, 0.4) is 0 Å². The van der Waals surface area contributed by atoms with Crippen molar-refractivity contribution in [1.29, 1.82) is 0 Å². The molecule has 196 valence electrons. The standard InChI is InChI=1S/C39H25N3/c1-3-10-29(11-4-1)36-34-23-21-30-22-24-35(40-37(30)38(34)42-39(41-36)31-12-5-2-6-13-31)28-18-15-27(16-19-28)33-20-17-26-9-7-8-14-32(26)25-33/h1-25H. The van der Waals surface area contributed by atoms with E-state index in [2.05, 4.69) is 115 Å². The largest absolute Gasteiger partial charge is 0.245 e. The average molecular weight is 536 g/mol. The number of pyridine rings is 1. The van der Waals surface area contributed by atoms with Crippen LogP contribution in [0.2, 0.25) is 0 Å². The highest BCUT2D eigenvalue weighted by molar-refractivity contribution is 6.08. The summed E-state index contributed by atoms with van der Waals surface area (Å²) in [6.45, 7) is 0. The molecule has 0 bridgehead atoms. The molecule has 3 heteroatoms. The molecule has 2 aromatic heterocycles. The van der Waals surface area contributed by atoms with E-state index in [9.17, 15) is 0 Å². The van der Waals surface area contributed by atoms with Gasteiger partial charge in [0.25, 0.3) is 0 Å². The number of fused-ring (bicyclic) bond motifs is 4. The zero-order valence-corrected chi connectivity index (χ0v) is 22.8. The van der Waals surface area contributed by atoms with E-state index in [-0.39, 0.29) is 0 Å². The lowest BCUT2D eigenvalue weighted by molar-refractivity contribution is 1.23. The van der Waals surface area contributed by atoms with Gasteiger partial charge in [-0.1, -0.05) is 133 Å². The topological polar surface area (TPSA) is 38.7 Å². The third kappa shape index (κ3) is 4.29. The van der Waals surface area contributed by atoms with Crippen molar-refractivity contribution >= 4 is 32.6 Å². The first-order valence-electron chi connectivity index (χ1n) is 14.1. The predicted molar refractivity (Wildman–Crippen MR) is 174 cm³/mol. The van der Waals surface area contributed by atoms with Gasteiger partial charge in [-0.15, -0.1) is 0 Å². The molecule has 0 aliphatic rings. The van der Waals surface area contributed by atoms with E-state index < -0.39 is 0 Å². The Hall–Kier alpha value is -5.67. The van der Waals surface area contributed by atoms with E-state index in [4.69, 9.17) is 15.0 Å². The minimum atomic E-state index is 0.696. The van der Waals surface area contributed by atoms with Crippen LogP contribution in [-0.4, -0.2) is 15.0 Å². The van der Waals surface area contributed by atoms with E-state index in [0.29, 0.717) is 5.82 Å². The molecule has 0 aliphatic heterocycles. The summed E-state index contributed by atoms with van der Waals surface area (Å²) in [6, 6.07) is 52.7. The SMILES string of the molecule is c1ccc(-c2nc(-c3ccccc3)c3ccc4ccc(-c5ccc(-c6ccc7ccccc7c6)cc5)nc4c3n2)cc1. The predicted octanol–water partition coefficient (Wildman–Crippen LogP) is 10.00. The van der Waals surface area contributed by atoms with E-state index >= 15 is 0 Å². The van der Waals surface area contributed by atoms with Crippen molar-refractivity contribution in [3.05, 3.63) is 152 Å². The summed E-state index contributed by atoms with van der Waals surface area (Å²) >= 11 is 0. The van der Waals surface area contributed by atoms with Gasteiger partial charge in [-0.25, -0.2) is 15.0 Å². The minimum absolute atomic E-state index is 0.696. The Kier molecular flexibility index (Phi) is 5.79. The second kappa shape index (κ2) is 10.1. The number of hydrogen-bond donors (Lipinski definition) is 0. The van der Waals surface area contributed by atoms with Gasteiger partial charge >= 0.3 is 0 Å². The monoisotopic (exact) mass is 535 g/mol. The average Bonchev–Trinajstić information content (AvgIpc) is 3.08. The molecule has 8 rings (SSSR count). The van der Waals surface area contributed by atoms with Crippen LogP contribution >= 0.6 is 0 Å². The lowest BCUT2D eigenvalue weighted by atomic mass is 9.99. The van der Waals surface area contributed by atoms with Crippen LogP contribution in [0.1, 0.15) is 0 Å². The van der Waals surface area contributed by atoms with Gasteiger partial charge in [0, 0.05) is 27.5 Å². The summed E-state index contributed by atoms with van der Waals surface area (Å²) in [5.41, 5.74) is 9.06. The van der Waals surface area contributed by atoms with Gasteiger partial charge in [0.1, 0.15) is 5.52 Å². The Labute approximate surface area is 243 Å². The molecule has 8 aromatic rings. The van der Waals surface area contributed by atoms with Crippen LogP contribution in [0.25, 0.3) is 77.6 Å². The summed E-state index contributed by atoms with van der Waals surface area (Å²) in [5.74, 6) is 0.696. The second-order valence-corrected chi connectivity index (χ2v) is 10.5. The molecule has 0 N–H and O–H groups in total. The maximum Gasteiger partial charge on any atom is 0.160 e. The van der Waals surface area contributed by atoms with Gasteiger partial charge in [-0.3, -0.25) is 0 Å². The fourth-order valence-corrected chi connectivity index (χ4v) is 5.67. The quantitative estimate of drug-likeness (QED) is 0.211. The highest BCUT2D eigenvalue weighted by Crippen LogP contribution is 2.34. The van der Waals surface area contributed by atoms with Crippen LogP contribution < -0.4 is 0 Å². The van der Waals surface area contributed by atoms with E-state index in [1.807, 2.05) is 36.4 Å². The molecule has 0 amide bonds. The minimum Gasteiger partial charge on any atom is -0.245 e. The first-order chi connectivity index (χ1) is 20.8. The summed E-state index contributed by atoms with van der Waals surface area (Å²) in [4.78, 5) is 15.3. The first-order valence-corrected chi connectivity index (χ1v) is 14.1. The lowest BCUT2D eigenvalue weighted by Crippen LogP contribution is -1.97. The Bertz CT molecular complexity index is 2220. The number of nitrogens with zero attached hydrogens (tertiary/aromatic N) is 3. The smallest absolute Gasteiger partial charge is 0.160 e. The zero-order valence-electron chi connectivity index (χ0n) is 22.8. The maximum atomic E-state index is 5.20. The number of aromatic nitrogens is 3. The fourth-order valence-electron chi connectivity index (χ4n) is 5.67. The summed E-state index contributed by atoms with van der Waals surface area (Å²) < 4.78 is 0. The Morgan fingerprint density at radius 2 is 0.952 bits per heavy atom. The van der Waals surface area contributed by atoms with Gasteiger partial charge in [-0.2, -0.15) is 0 Å². The first kappa shape index (κ1) is 24.2. The summed E-state index contributed by atoms with van der Waals surface area (Å²) in [7, 11) is 0. The maximum absolute atomic E-state index is 5.20. The Morgan fingerprint density at radius 3 is 1.74 bits per heavy atom. The van der Waals surface area contributed by atoms with Crippen LogP contribution in [0, 0.1) is 0 Å². The van der Waals surface area contributed by atoms with Gasteiger partial charge < -0.3 is 0 Å². The van der Waals surface area contributed by atoms with Crippen molar-refractivity contribution in [3.8, 4) is 45.0 Å². The molecule has 42 heavy (non-hydrogen) atoms. The zero-order chi connectivity index (χ0) is 27.9. The molecule has 6 aromatic carbocycles. The molecule has 0 atom stereocenters. The lowest BCUT2D eigenvalue weighted by Gasteiger charge is -2.12. The Morgan fingerprint density at radius 1 is 0.333 bits per heavy atom. The molecular weight excluding hydrogens is 510 g/mol. The van der Waals surface area contributed by atoms with Crippen molar-refractivity contribution in [2.75, 3.05) is 0 Å². The summed E-state index contributed by atoms with van der Waals surface area (Å²) in [6.07, 6.45) is 0. The molecule has 2 heterocycles. The molecule has 0 aliphatic carbocycles. The van der Waals surface area contributed by atoms with Crippen molar-refractivity contribution in [3.63, 3.8) is 0 Å². The Balaban J connectivity index is 1.27. The van der Waals surface area contributed by atoms with Gasteiger partial charge in [0.05, 0.1) is 16.9 Å².